The number of carbonyl (C=O) groups is 2. The van der Waals surface area contributed by atoms with Gasteiger partial charge in [-0.1, -0.05) is 30.3 Å². The van der Waals surface area contributed by atoms with Crippen LogP contribution in [0, 0.1) is 0 Å². The summed E-state index contributed by atoms with van der Waals surface area (Å²) in [6, 6.07) is 8.22. The molecule has 0 unspecified atom stereocenters. The van der Waals surface area contributed by atoms with Crippen molar-refractivity contribution in [1.29, 1.82) is 0 Å². The molecule has 0 bridgehead atoms. The molecule has 0 aliphatic rings. The van der Waals surface area contributed by atoms with Gasteiger partial charge in [0.2, 0.25) is 0 Å². The van der Waals surface area contributed by atoms with Gasteiger partial charge in [-0.05, 0) is 33.3 Å². The molecular weight excluding hydrogens is 300 g/mol. The van der Waals surface area contributed by atoms with Crippen molar-refractivity contribution in [1.82, 2.24) is 10.8 Å². The zero-order valence-corrected chi connectivity index (χ0v) is 13.8. The molecule has 0 aliphatic heterocycles. The van der Waals surface area contributed by atoms with Crippen molar-refractivity contribution in [2.75, 3.05) is 0 Å². The second-order valence-corrected chi connectivity index (χ2v) is 6.10. The van der Waals surface area contributed by atoms with Crippen LogP contribution in [-0.4, -0.2) is 34.9 Å². The Labute approximate surface area is 135 Å². The zero-order valence-electron chi connectivity index (χ0n) is 13.8. The van der Waals surface area contributed by atoms with E-state index in [2.05, 4.69) is 10.8 Å². The van der Waals surface area contributed by atoms with E-state index in [9.17, 15) is 14.7 Å². The third kappa shape index (κ3) is 7.73. The predicted molar refractivity (Wildman–Crippen MR) is 84.2 cm³/mol. The summed E-state index contributed by atoms with van der Waals surface area (Å²) in [4.78, 5) is 28.8. The Hall–Kier alpha value is -1.96. The molecule has 0 saturated carbocycles. The maximum atomic E-state index is 12.0. The predicted octanol–water partition coefficient (Wildman–Crippen LogP) is 1.51. The fraction of sp³-hybridized carbons (Fsp3) is 0.500. The number of hydroxylamine groups is 1. The Morgan fingerprint density at radius 1 is 1.22 bits per heavy atom. The molecule has 0 spiro atoms. The number of alkyl carbamates (subject to hydrolysis) is 1. The Kier molecular flexibility index (Phi) is 7.15. The molecule has 0 heterocycles. The number of nitrogens with one attached hydrogen (secondary N) is 2. The summed E-state index contributed by atoms with van der Waals surface area (Å²) < 4.78 is 4.99. The van der Waals surface area contributed by atoms with Gasteiger partial charge < -0.3 is 9.84 Å². The highest BCUT2D eigenvalue weighted by Crippen LogP contribution is 2.07. The number of ether oxygens (including phenoxy) is 1. The van der Waals surface area contributed by atoms with Crippen LogP contribution < -0.4 is 10.8 Å². The van der Waals surface area contributed by atoms with Crippen molar-refractivity contribution in [2.45, 2.75) is 52.0 Å². The van der Waals surface area contributed by atoms with E-state index in [1.807, 2.05) is 30.3 Å². The first-order valence-corrected chi connectivity index (χ1v) is 7.32. The highest BCUT2D eigenvalue weighted by atomic mass is 16.6. The number of amides is 2. The maximum Gasteiger partial charge on any atom is 0.414 e. The summed E-state index contributed by atoms with van der Waals surface area (Å²) in [5, 5.41) is 11.7. The topological polar surface area (TPSA) is 96.9 Å². The molecule has 128 valence electrons. The molecule has 1 aromatic carbocycles. The van der Waals surface area contributed by atoms with Gasteiger partial charge in [0.25, 0.3) is 5.91 Å². The summed E-state index contributed by atoms with van der Waals surface area (Å²) in [6.45, 7) is 6.68. The van der Waals surface area contributed by atoms with Gasteiger partial charge in [0, 0.05) is 0 Å². The Bertz CT molecular complexity index is 511. The van der Waals surface area contributed by atoms with Gasteiger partial charge in [-0.25, -0.2) is 4.79 Å². The van der Waals surface area contributed by atoms with Crippen LogP contribution in [-0.2, 0) is 21.0 Å². The Morgan fingerprint density at radius 2 is 1.83 bits per heavy atom. The van der Waals surface area contributed by atoms with Crippen LogP contribution in [0.5, 0.6) is 0 Å². The minimum Gasteiger partial charge on any atom is -0.444 e. The molecular formula is C16H24N2O5. The number of hydrogen-bond donors (Lipinski definition) is 3. The van der Waals surface area contributed by atoms with Gasteiger partial charge in [0.05, 0.1) is 12.7 Å². The van der Waals surface area contributed by atoms with Gasteiger partial charge >= 0.3 is 6.09 Å². The molecule has 0 aromatic heterocycles. The number of imide groups is 1. The highest BCUT2D eigenvalue weighted by Gasteiger charge is 2.27. The molecule has 2 amide bonds. The largest absolute Gasteiger partial charge is 0.444 e. The molecule has 0 fully saturated rings. The molecule has 1 aromatic rings. The number of aliphatic hydroxyl groups excluding tert-OH is 1. The molecule has 0 aliphatic carbocycles. The van der Waals surface area contributed by atoms with Crippen molar-refractivity contribution in [3.8, 4) is 0 Å². The van der Waals surface area contributed by atoms with Gasteiger partial charge in [0.1, 0.15) is 11.6 Å². The molecule has 7 nitrogen and oxygen atoms in total. The van der Waals surface area contributed by atoms with Crippen LogP contribution in [0.4, 0.5) is 4.79 Å². The fourth-order valence-electron chi connectivity index (χ4n) is 1.64. The van der Waals surface area contributed by atoms with Crippen LogP contribution in [0.2, 0.25) is 0 Å². The summed E-state index contributed by atoms with van der Waals surface area (Å²) in [6.07, 6.45) is -1.94. The van der Waals surface area contributed by atoms with E-state index in [1.54, 1.807) is 20.8 Å². The van der Waals surface area contributed by atoms with E-state index in [-0.39, 0.29) is 6.61 Å². The third-order valence-corrected chi connectivity index (χ3v) is 2.68. The second kappa shape index (κ2) is 8.61. The van der Waals surface area contributed by atoms with Gasteiger partial charge in [-0.15, -0.1) is 0 Å². The van der Waals surface area contributed by atoms with Crippen molar-refractivity contribution in [2.24, 2.45) is 0 Å². The number of benzene rings is 1. The normalized spacial score (nSPS) is 14.0. The van der Waals surface area contributed by atoms with Gasteiger partial charge in [-0.2, -0.15) is 5.48 Å². The lowest BCUT2D eigenvalue weighted by Crippen LogP contribution is -2.52. The summed E-state index contributed by atoms with van der Waals surface area (Å²) in [5.74, 6) is -0.734. The molecule has 1 rings (SSSR count). The van der Waals surface area contributed by atoms with Crippen LogP contribution in [0.1, 0.15) is 33.3 Å². The lowest BCUT2D eigenvalue weighted by atomic mass is 10.2. The zero-order chi connectivity index (χ0) is 17.5. The SMILES string of the molecule is C[C@@H](O)[C@H](NOCc1ccccc1)C(=O)NC(=O)OC(C)(C)C. The van der Waals surface area contributed by atoms with Crippen LogP contribution in [0.15, 0.2) is 30.3 Å². The highest BCUT2D eigenvalue weighted by molar-refractivity contribution is 5.95. The lowest BCUT2D eigenvalue weighted by molar-refractivity contribution is -0.131. The number of rotatable bonds is 6. The Morgan fingerprint density at radius 3 is 2.35 bits per heavy atom. The first kappa shape index (κ1) is 19.1. The number of hydrogen-bond acceptors (Lipinski definition) is 6. The first-order chi connectivity index (χ1) is 10.7. The summed E-state index contributed by atoms with van der Waals surface area (Å²) >= 11 is 0. The monoisotopic (exact) mass is 324 g/mol. The van der Waals surface area contributed by atoms with Crippen LogP contribution in [0.3, 0.4) is 0 Å². The standard InChI is InChI=1S/C16H24N2O5/c1-11(19)13(14(20)17-15(21)23-16(2,3)4)18-22-10-12-8-6-5-7-9-12/h5-9,11,13,18-19H,10H2,1-4H3,(H,17,20,21)/t11-,13+/m1/s1. The van der Waals surface area contributed by atoms with E-state index in [0.29, 0.717) is 0 Å². The number of aliphatic hydroxyl groups is 1. The lowest BCUT2D eigenvalue weighted by Gasteiger charge is -2.22. The van der Waals surface area contributed by atoms with Crippen LogP contribution >= 0.6 is 0 Å². The van der Waals surface area contributed by atoms with E-state index in [0.717, 1.165) is 5.56 Å². The average molecular weight is 324 g/mol. The summed E-state index contributed by atoms with van der Waals surface area (Å²) in [5.41, 5.74) is 2.65. The number of carbonyl (C=O) groups excluding carboxylic acids is 2. The molecule has 2 atom stereocenters. The van der Waals surface area contributed by atoms with E-state index in [4.69, 9.17) is 9.57 Å². The molecule has 0 saturated heterocycles. The smallest absolute Gasteiger partial charge is 0.414 e. The average Bonchev–Trinajstić information content (AvgIpc) is 2.41. The van der Waals surface area contributed by atoms with E-state index >= 15 is 0 Å². The van der Waals surface area contributed by atoms with E-state index < -0.39 is 29.7 Å². The molecule has 7 heteroatoms. The van der Waals surface area contributed by atoms with Gasteiger partial charge in [0.15, 0.2) is 0 Å². The van der Waals surface area contributed by atoms with Crippen molar-refractivity contribution in [3.63, 3.8) is 0 Å². The van der Waals surface area contributed by atoms with E-state index in [1.165, 1.54) is 6.92 Å². The van der Waals surface area contributed by atoms with Crippen molar-refractivity contribution < 1.29 is 24.3 Å². The Balaban J connectivity index is 2.50. The minimum absolute atomic E-state index is 0.212. The quantitative estimate of drug-likeness (QED) is 0.686. The molecule has 23 heavy (non-hydrogen) atoms. The second-order valence-electron chi connectivity index (χ2n) is 6.10. The molecule has 3 N–H and O–H groups in total. The van der Waals surface area contributed by atoms with Crippen LogP contribution in [0.25, 0.3) is 0 Å². The van der Waals surface area contributed by atoms with Gasteiger partial charge in [-0.3, -0.25) is 14.9 Å². The third-order valence-electron chi connectivity index (χ3n) is 2.68. The van der Waals surface area contributed by atoms with Crippen molar-refractivity contribution in [3.05, 3.63) is 35.9 Å². The maximum absolute atomic E-state index is 12.0. The minimum atomic E-state index is -1.11. The first-order valence-electron chi connectivity index (χ1n) is 7.32. The molecule has 0 radical (unpaired) electrons. The van der Waals surface area contributed by atoms with Crippen molar-refractivity contribution >= 4 is 12.0 Å². The summed E-state index contributed by atoms with van der Waals surface area (Å²) in [7, 11) is 0. The fourth-order valence-corrected chi connectivity index (χ4v) is 1.64.